The number of methoxy groups -OCH3 is 1. The van der Waals surface area contributed by atoms with E-state index in [-0.39, 0.29) is 29.9 Å². The van der Waals surface area contributed by atoms with Crippen molar-refractivity contribution >= 4 is 15.9 Å². The van der Waals surface area contributed by atoms with Crippen LogP contribution in [0.3, 0.4) is 0 Å². The standard InChI is InChI=1S/C24H29FN6O5S/c1-14-27-19(12-20(28-14)24(32)26-13-16-6-9-18(25)21(10-16)35-2)23-29-22(36-30-23)11-15-4-7-17(8-5-15)31-37(3,33)34/h6,9-10,12,15,17,31H,4-5,7-8,11,13H2,1-3H3,(H,26,32). The Hall–Kier alpha value is -3.45. The molecule has 198 valence electrons. The lowest BCUT2D eigenvalue weighted by Crippen LogP contribution is -2.37. The van der Waals surface area contributed by atoms with E-state index in [0.717, 1.165) is 25.7 Å². The summed E-state index contributed by atoms with van der Waals surface area (Å²) in [6.45, 7) is 1.82. The Bertz CT molecular complexity index is 1370. The van der Waals surface area contributed by atoms with Crippen LogP contribution in [0.2, 0.25) is 0 Å². The molecule has 0 spiro atoms. The van der Waals surface area contributed by atoms with Crippen LogP contribution in [0.5, 0.6) is 5.75 Å². The van der Waals surface area contributed by atoms with Gasteiger partial charge in [0.05, 0.1) is 13.4 Å². The molecule has 0 atom stereocenters. The fraction of sp³-hybridized carbons (Fsp3) is 0.458. The van der Waals surface area contributed by atoms with E-state index in [0.29, 0.717) is 35.3 Å². The van der Waals surface area contributed by atoms with Crippen LogP contribution in [0.15, 0.2) is 28.8 Å². The summed E-state index contributed by atoms with van der Waals surface area (Å²) in [6, 6.07) is 5.80. The summed E-state index contributed by atoms with van der Waals surface area (Å²) in [6.07, 6.45) is 4.96. The van der Waals surface area contributed by atoms with Crippen molar-refractivity contribution in [2.75, 3.05) is 13.4 Å². The molecule has 2 N–H and O–H groups in total. The molecule has 0 saturated heterocycles. The summed E-state index contributed by atoms with van der Waals surface area (Å²) in [5.74, 6) is 0.576. The van der Waals surface area contributed by atoms with Gasteiger partial charge in [0, 0.05) is 19.0 Å². The maximum absolute atomic E-state index is 13.6. The van der Waals surface area contributed by atoms with E-state index in [1.54, 1.807) is 13.0 Å². The third-order valence-corrected chi connectivity index (χ3v) is 6.89. The van der Waals surface area contributed by atoms with Gasteiger partial charge in [-0.3, -0.25) is 4.79 Å². The van der Waals surface area contributed by atoms with Crippen LogP contribution >= 0.6 is 0 Å². The number of rotatable bonds is 9. The second-order valence-electron chi connectivity index (χ2n) is 9.16. The molecule has 0 radical (unpaired) electrons. The number of carbonyl (C=O) groups excluding carboxylic acids is 1. The SMILES string of the molecule is COc1cc(CNC(=O)c2cc(-c3noc(CC4CCC(NS(C)(=O)=O)CC4)n3)nc(C)n2)ccc1F. The second-order valence-corrected chi connectivity index (χ2v) is 10.9. The molecule has 1 fully saturated rings. The molecule has 11 nitrogen and oxygen atoms in total. The van der Waals surface area contributed by atoms with Gasteiger partial charge in [-0.15, -0.1) is 0 Å². The first kappa shape index (κ1) is 26.6. The third kappa shape index (κ3) is 7.29. The number of sulfonamides is 1. The summed E-state index contributed by atoms with van der Waals surface area (Å²) < 4.78 is 49.6. The van der Waals surface area contributed by atoms with E-state index in [1.807, 2.05) is 0 Å². The van der Waals surface area contributed by atoms with Crippen molar-refractivity contribution in [3.63, 3.8) is 0 Å². The van der Waals surface area contributed by atoms with Gasteiger partial charge in [0.15, 0.2) is 11.6 Å². The Morgan fingerprint density at radius 3 is 2.62 bits per heavy atom. The zero-order valence-corrected chi connectivity index (χ0v) is 21.6. The van der Waals surface area contributed by atoms with Crippen LogP contribution in [-0.4, -0.2) is 53.8 Å². The molecule has 13 heteroatoms. The lowest BCUT2D eigenvalue weighted by Gasteiger charge is -2.27. The number of ether oxygens (including phenoxy) is 1. The number of aromatic nitrogens is 4. The van der Waals surface area contributed by atoms with Gasteiger partial charge in [-0.2, -0.15) is 4.98 Å². The first-order valence-corrected chi connectivity index (χ1v) is 13.8. The highest BCUT2D eigenvalue weighted by molar-refractivity contribution is 7.88. The molecule has 1 amide bonds. The van der Waals surface area contributed by atoms with E-state index in [1.165, 1.54) is 31.6 Å². The fourth-order valence-corrected chi connectivity index (χ4v) is 5.20. The summed E-state index contributed by atoms with van der Waals surface area (Å²) in [5, 5.41) is 6.78. The van der Waals surface area contributed by atoms with Crippen LogP contribution in [0, 0.1) is 18.7 Å². The fourth-order valence-electron chi connectivity index (χ4n) is 4.36. The number of amides is 1. The van der Waals surface area contributed by atoms with Crippen LogP contribution in [0.1, 0.15) is 53.5 Å². The maximum atomic E-state index is 13.6. The minimum atomic E-state index is -3.21. The molecule has 0 aliphatic heterocycles. The highest BCUT2D eigenvalue weighted by Crippen LogP contribution is 2.28. The van der Waals surface area contributed by atoms with Crippen molar-refractivity contribution in [1.82, 2.24) is 30.1 Å². The number of halogens is 1. The van der Waals surface area contributed by atoms with E-state index in [9.17, 15) is 17.6 Å². The summed E-state index contributed by atoms with van der Waals surface area (Å²) >= 11 is 0. The third-order valence-electron chi connectivity index (χ3n) is 6.13. The quantitative estimate of drug-likeness (QED) is 0.424. The van der Waals surface area contributed by atoms with Gasteiger partial charge in [0.2, 0.25) is 21.7 Å². The smallest absolute Gasteiger partial charge is 0.270 e. The summed E-state index contributed by atoms with van der Waals surface area (Å²) in [7, 11) is -1.84. The monoisotopic (exact) mass is 532 g/mol. The first-order chi connectivity index (χ1) is 17.6. The van der Waals surface area contributed by atoms with Crippen molar-refractivity contribution in [3.05, 3.63) is 53.1 Å². The Morgan fingerprint density at radius 2 is 1.92 bits per heavy atom. The number of benzene rings is 1. The topological polar surface area (TPSA) is 149 Å². The molecular weight excluding hydrogens is 503 g/mol. The lowest BCUT2D eigenvalue weighted by molar-refractivity contribution is 0.0945. The number of hydrogen-bond donors (Lipinski definition) is 2. The summed E-state index contributed by atoms with van der Waals surface area (Å²) in [5.41, 5.74) is 1.17. The normalized spacial score (nSPS) is 17.9. The number of nitrogens with one attached hydrogen (secondary N) is 2. The Kier molecular flexibility index (Phi) is 8.13. The van der Waals surface area contributed by atoms with Gasteiger partial charge >= 0.3 is 0 Å². The Morgan fingerprint density at radius 1 is 1.16 bits per heavy atom. The highest BCUT2D eigenvalue weighted by Gasteiger charge is 2.25. The van der Waals surface area contributed by atoms with Crippen LogP contribution in [0.4, 0.5) is 4.39 Å². The van der Waals surface area contributed by atoms with Crippen molar-refractivity contribution < 1.29 is 26.9 Å². The average Bonchev–Trinajstić information content (AvgIpc) is 3.32. The van der Waals surface area contributed by atoms with Crippen LogP contribution in [-0.2, 0) is 23.0 Å². The molecule has 1 saturated carbocycles. The molecular formula is C24H29FN6O5S. The maximum Gasteiger partial charge on any atom is 0.270 e. The minimum absolute atomic E-state index is 0.0388. The number of nitrogens with zero attached hydrogens (tertiary/aromatic N) is 4. The molecule has 1 aromatic carbocycles. The van der Waals surface area contributed by atoms with Crippen molar-refractivity contribution in [2.24, 2.45) is 5.92 Å². The van der Waals surface area contributed by atoms with Gasteiger partial charge in [0.1, 0.15) is 17.2 Å². The van der Waals surface area contributed by atoms with E-state index in [2.05, 4.69) is 30.1 Å². The van der Waals surface area contributed by atoms with Gasteiger partial charge in [-0.1, -0.05) is 11.2 Å². The molecule has 0 unspecified atom stereocenters. The zero-order chi connectivity index (χ0) is 26.6. The molecule has 1 aliphatic rings. The second kappa shape index (κ2) is 11.3. The molecule has 2 heterocycles. The molecule has 4 rings (SSSR count). The predicted octanol–water partition coefficient (Wildman–Crippen LogP) is 2.56. The zero-order valence-electron chi connectivity index (χ0n) is 20.8. The Labute approximate surface area is 214 Å². The van der Waals surface area contributed by atoms with E-state index >= 15 is 0 Å². The molecule has 0 bridgehead atoms. The van der Waals surface area contributed by atoms with Gasteiger partial charge in [-0.25, -0.2) is 27.5 Å². The number of carbonyl (C=O) groups is 1. The van der Waals surface area contributed by atoms with Crippen LogP contribution in [0.25, 0.3) is 11.5 Å². The molecule has 37 heavy (non-hydrogen) atoms. The summed E-state index contributed by atoms with van der Waals surface area (Å²) in [4.78, 5) is 25.7. The lowest BCUT2D eigenvalue weighted by atomic mass is 9.84. The van der Waals surface area contributed by atoms with E-state index < -0.39 is 21.7 Å². The highest BCUT2D eigenvalue weighted by atomic mass is 32.2. The van der Waals surface area contributed by atoms with Gasteiger partial charge in [-0.05, 0) is 62.3 Å². The van der Waals surface area contributed by atoms with Crippen molar-refractivity contribution in [3.8, 4) is 17.3 Å². The van der Waals surface area contributed by atoms with E-state index in [4.69, 9.17) is 9.26 Å². The van der Waals surface area contributed by atoms with Crippen molar-refractivity contribution in [2.45, 2.75) is 51.6 Å². The average molecular weight is 533 g/mol. The van der Waals surface area contributed by atoms with Gasteiger partial charge in [0.25, 0.3) is 5.91 Å². The van der Waals surface area contributed by atoms with Gasteiger partial charge < -0.3 is 14.6 Å². The molecule has 1 aliphatic carbocycles. The first-order valence-electron chi connectivity index (χ1n) is 11.9. The Balaban J connectivity index is 1.38. The largest absolute Gasteiger partial charge is 0.494 e. The minimum Gasteiger partial charge on any atom is -0.494 e. The van der Waals surface area contributed by atoms with Crippen LogP contribution < -0.4 is 14.8 Å². The number of aryl methyl sites for hydroxylation is 1. The van der Waals surface area contributed by atoms with Crippen molar-refractivity contribution in [1.29, 1.82) is 0 Å². The number of hydrogen-bond acceptors (Lipinski definition) is 9. The molecule has 2 aromatic heterocycles. The predicted molar refractivity (Wildman–Crippen MR) is 132 cm³/mol. The molecule has 3 aromatic rings.